The summed E-state index contributed by atoms with van der Waals surface area (Å²) in [6.07, 6.45) is -3.72. The highest BCUT2D eigenvalue weighted by molar-refractivity contribution is 5.83. The largest absolute Gasteiger partial charge is 0.416 e. The van der Waals surface area contributed by atoms with Gasteiger partial charge in [0.15, 0.2) is 0 Å². The summed E-state index contributed by atoms with van der Waals surface area (Å²) >= 11 is 0. The second kappa shape index (κ2) is 6.89. The standard InChI is InChI=1S/C13H10F3N5O3/c14-13(15,16)8-3-1-7(2-4-8)6-17-20-10(22)5-9-11(23)18-12(24)21-19-9/h1-4,6H,5H2,(H,20,22)(H2,18,21,23,24)/b17-6-. The number of carbonyl (C=O) groups is 1. The highest BCUT2D eigenvalue weighted by Gasteiger charge is 2.29. The van der Waals surface area contributed by atoms with Gasteiger partial charge >= 0.3 is 11.9 Å². The average molecular weight is 341 g/mol. The fourth-order valence-electron chi connectivity index (χ4n) is 1.62. The number of aromatic nitrogens is 3. The van der Waals surface area contributed by atoms with Gasteiger partial charge in [-0.05, 0) is 17.7 Å². The van der Waals surface area contributed by atoms with Gasteiger partial charge in [0.1, 0.15) is 5.69 Å². The minimum atomic E-state index is -4.43. The Hall–Kier alpha value is -3.24. The van der Waals surface area contributed by atoms with Crippen LogP contribution in [0.3, 0.4) is 0 Å². The van der Waals surface area contributed by atoms with Gasteiger partial charge in [-0.2, -0.15) is 23.4 Å². The lowest BCUT2D eigenvalue weighted by molar-refractivity contribution is -0.137. The third-order valence-electron chi connectivity index (χ3n) is 2.75. The first-order valence-electron chi connectivity index (χ1n) is 6.43. The Morgan fingerprint density at radius 1 is 1.25 bits per heavy atom. The van der Waals surface area contributed by atoms with Crippen LogP contribution < -0.4 is 16.7 Å². The van der Waals surface area contributed by atoms with Crippen LogP contribution in [0.1, 0.15) is 16.8 Å². The van der Waals surface area contributed by atoms with Crippen LogP contribution >= 0.6 is 0 Å². The molecule has 0 aliphatic rings. The van der Waals surface area contributed by atoms with E-state index in [4.69, 9.17) is 0 Å². The van der Waals surface area contributed by atoms with Crippen LogP contribution in [0.2, 0.25) is 0 Å². The van der Waals surface area contributed by atoms with Crippen molar-refractivity contribution in [2.75, 3.05) is 0 Å². The molecular weight excluding hydrogens is 331 g/mol. The zero-order chi connectivity index (χ0) is 17.7. The van der Waals surface area contributed by atoms with E-state index in [-0.39, 0.29) is 5.69 Å². The fourth-order valence-corrected chi connectivity index (χ4v) is 1.62. The van der Waals surface area contributed by atoms with Crippen molar-refractivity contribution in [1.82, 2.24) is 20.6 Å². The number of hydrogen-bond donors (Lipinski definition) is 3. The number of H-pyrrole nitrogens is 2. The number of amides is 1. The summed E-state index contributed by atoms with van der Waals surface area (Å²) in [7, 11) is 0. The number of hydrogen-bond acceptors (Lipinski definition) is 5. The number of nitrogens with zero attached hydrogens (tertiary/aromatic N) is 2. The SMILES string of the molecule is O=C(Cc1n[nH]c(=O)[nH]c1=O)N/N=C\c1ccc(C(F)(F)F)cc1. The molecule has 2 rings (SSSR count). The van der Waals surface area contributed by atoms with Crippen LogP contribution in [0.15, 0.2) is 39.0 Å². The molecule has 8 nitrogen and oxygen atoms in total. The molecule has 1 amide bonds. The Labute approximate surface area is 131 Å². The number of aromatic amines is 2. The maximum atomic E-state index is 12.4. The van der Waals surface area contributed by atoms with Crippen molar-refractivity contribution in [2.45, 2.75) is 12.6 Å². The van der Waals surface area contributed by atoms with Crippen molar-refractivity contribution < 1.29 is 18.0 Å². The number of carbonyl (C=O) groups excluding carboxylic acids is 1. The van der Waals surface area contributed by atoms with E-state index in [9.17, 15) is 27.6 Å². The van der Waals surface area contributed by atoms with Crippen LogP contribution in [-0.2, 0) is 17.4 Å². The van der Waals surface area contributed by atoms with Gasteiger partial charge in [0.05, 0.1) is 18.2 Å². The number of rotatable bonds is 4. The van der Waals surface area contributed by atoms with Gasteiger partial charge in [-0.15, -0.1) is 0 Å². The molecule has 3 N–H and O–H groups in total. The van der Waals surface area contributed by atoms with E-state index in [1.807, 2.05) is 10.1 Å². The van der Waals surface area contributed by atoms with E-state index in [0.29, 0.717) is 5.56 Å². The fraction of sp³-hybridized carbons (Fsp3) is 0.154. The monoisotopic (exact) mass is 341 g/mol. The summed E-state index contributed by atoms with van der Waals surface area (Å²) in [6.45, 7) is 0. The zero-order valence-corrected chi connectivity index (χ0v) is 11.8. The predicted molar refractivity (Wildman–Crippen MR) is 76.4 cm³/mol. The number of halogens is 3. The van der Waals surface area contributed by atoms with Gasteiger partial charge in [0.25, 0.3) is 5.56 Å². The third-order valence-corrected chi connectivity index (χ3v) is 2.75. The molecule has 0 spiro atoms. The third kappa shape index (κ3) is 4.63. The summed E-state index contributed by atoms with van der Waals surface area (Å²) in [5.74, 6) is -0.691. The molecule has 1 aromatic heterocycles. The number of hydrazone groups is 1. The summed E-state index contributed by atoms with van der Waals surface area (Å²) in [4.78, 5) is 35.6. The lowest BCUT2D eigenvalue weighted by Gasteiger charge is -2.05. The lowest BCUT2D eigenvalue weighted by atomic mass is 10.1. The minimum Gasteiger partial charge on any atom is -0.273 e. The molecular formula is C13H10F3N5O3. The quantitative estimate of drug-likeness (QED) is 0.542. The molecule has 24 heavy (non-hydrogen) atoms. The average Bonchev–Trinajstić information content (AvgIpc) is 2.50. The first-order chi connectivity index (χ1) is 11.3. The van der Waals surface area contributed by atoms with Crippen molar-refractivity contribution in [3.63, 3.8) is 0 Å². The van der Waals surface area contributed by atoms with Gasteiger partial charge in [-0.1, -0.05) is 12.1 Å². The van der Waals surface area contributed by atoms with Gasteiger partial charge in [-0.3, -0.25) is 14.6 Å². The van der Waals surface area contributed by atoms with E-state index in [1.165, 1.54) is 12.1 Å². The Morgan fingerprint density at radius 3 is 2.50 bits per heavy atom. The molecule has 0 radical (unpaired) electrons. The topological polar surface area (TPSA) is 120 Å². The van der Waals surface area contributed by atoms with E-state index in [0.717, 1.165) is 18.3 Å². The van der Waals surface area contributed by atoms with Crippen LogP contribution in [0.5, 0.6) is 0 Å². The summed E-state index contributed by atoms with van der Waals surface area (Å²) in [5.41, 5.74) is -0.190. The summed E-state index contributed by atoms with van der Waals surface area (Å²) < 4.78 is 37.2. The second-order valence-corrected chi connectivity index (χ2v) is 4.54. The van der Waals surface area contributed by atoms with E-state index in [1.54, 1.807) is 0 Å². The van der Waals surface area contributed by atoms with E-state index >= 15 is 0 Å². The number of nitrogens with one attached hydrogen (secondary N) is 3. The van der Waals surface area contributed by atoms with Crippen LogP contribution in [0.4, 0.5) is 13.2 Å². The van der Waals surface area contributed by atoms with Crippen LogP contribution in [-0.4, -0.2) is 27.3 Å². The molecule has 0 aliphatic heterocycles. The molecule has 0 atom stereocenters. The van der Waals surface area contributed by atoms with Crippen LogP contribution in [0, 0.1) is 0 Å². The second-order valence-electron chi connectivity index (χ2n) is 4.54. The van der Waals surface area contributed by atoms with Crippen molar-refractivity contribution in [1.29, 1.82) is 0 Å². The molecule has 0 unspecified atom stereocenters. The molecule has 126 valence electrons. The van der Waals surface area contributed by atoms with Gasteiger partial charge in [-0.25, -0.2) is 15.3 Å². The minimum absolute atomic E-state index is 0.211. The van der Waals surface area contributed by atoms with Gasteiger partial charge in [0.2, 0.25) is 5.91 Å². The van der Waals surface area contributed by atoms with E-state index in [2.05, 4.69) is 15.6 Å². The normalized spacial score (nSPS) is 11.6. The Morgan fingerprint density at radius 2 is 1.92 bits per heavy atom. The number of alkyl halides is 3. The molecule has 0 aliphatic carbocycles. The van der Waals surface area contributed by atoms with Gasteiger partial charge in [0, 0.05) is 0 Å². The van der Waals surface area contributed by atoms with Crippen LogP contribution in [0.25, 0.3) is 0 Å². The van der Waals surface area contributed by atoms with Crippen molar-refractivity contribution >= 4 is 12.1 Å². The molecule has 11 heteroatoms. The molecule has 1 heterocycles. The molecule has 2 aromatic rings. The zero-order valence-electron chi connectivity index (χ0n) is 11.8. The molecule has 0 bridgehead atoms. The van der Waals surface area contributed by atoms with E-state index < -0.39 is 35.3 Å². The maximum absolute atomic E-state index is 12.4. The predicted octanol–water partition coefficient (Wildman–Crippen LogP) is 0.170. The first kappa shape index (κ1) is 17.1. The summed E-state index contributed by atoms with van der Waals surface area (Å²) in [5, 5.41) is 8.95. The van der Waals surface area contributed by atoms with Crippen molar-refractivity contribution in [2.24, 2.45) is 5.10 Å². The first-order valence-corrected chi connectivity index (χ1v) is 6.43. The molecule has 1 aromatic carbocycles. The Kier molecular flexibility index (Phi) is 4.92. The highest BCUT2D eigenvalue weighted by atomic mass is 19.4. The Balaban J connectivity index is 1.95. The summed E-state index contributed by atoms with van der Waals surface area (Å²) in [6, 6.07) is 4.14. The Bertz CT molecular complexity index is 868. The van der Waals surface area contributed by atoms with Crippen molar-refractivity contribution in [3.05, 3.63) is 61.9 Å². The molecule has 0 saturated heterocycles. The molecule has 0 saturated carbocycles. The molecule has 0 fully saturated rings. The smallest absolute Gasteiger partial charge is 0.273 e. The number of benzene rings is 1. The highest BCUT2D eigenvalue weighted by Crippen LogP contribution is 2.28. The lowest BCUT2D eigenvalue weighted by Crippen LogP contribution is -2.31. The maximum Gasteiger partial charge on any atom is 0.416 e. The van der Waals surface area contributed by atoms with Crippen molar-refractivity contribution in [3.8, 4) is 0 Å². The van der Waals surface area contributed by atoms with Gasteiger partial charge < -0.3 is 0 Å².